The van der Waals surface area contributed by atoms with Gasteiger partial charge in [0.05, 0.1) is 27.3 Å². The van der Waals surface area contributed by atoms with Crippen molar-refractivity contribution in [2.45, 2.75) is 5.03 Å². The van der Waals surface area contributed by atoms with Crippen molar-refractivity contribution in [2.24, 2.45) is 0 Å². The van der Waals surface area contributed by atoms with Gasteiger partial charge in [0.15, 0.2) is 0 Å². The molecule has 1 amide bonds. The number of anilines is 1. The highest BCUT2D eigenvalue weighted by Gasteiger charge is 2.08. The molecule has 0 unspecified atom stereocenters. The third-order valence-electron chi connectivity index (χ3n) is 2.58. The Bertz CT molecular complexity index is 723. The number of amides is 1. The van der Waals surface area contributed by atoms with Gasteiger partial charge in [0, 0.05) is 11.8 Å². The van der Waals surface area contributed by atoms with E-state index in [0.29, 0.717) is 16.3 Å². The lowest BCUT2D eigenvalue weighted by Crippen LogP contribution is -2.14. The van der Waals surface area contributed by atoms with E-state index in [9.17, 15) is 14.9 Å². The van der Waals surface area contributed by atoms with Crippen molar-refractivity contribution >= 4 is 29.0 Å². The minimum absolute atomic E-state index is 0.0913. The largest absolute Gasteiger partial charge is 0.325 e. The third-order valence-corrected chi connectivity index (χ3v) is 3.52. The summed E-state index contributed by atoms with van der Waals surface area (Å²) >= 11 is 1.18. The molecule has 1 aromatic heterocycles. The quantitative estimate of drug-likeness (QED) is 0.516. The lowest BCUT2D eigenvalue weighted by Gasteiger charge is -2.04. The van der Waals surface area contributed by atoms with Gasteiger partial charge in [0.1, 0.15) is 6.20 Å². The van der Waals surface area contributed by atoms with Crippen molar-refractivity contribution in [1.29, 1.82) is 5.26 Å². The smallest absolute Gasteiger partial charge is 0.287 e. The van der Waals surface area contributed by atoms with E-state index < -0.39 is 4.92 Å². The fraction of sp³-hybridized carbons (Fsp3) is 0.0714. The van der Waals surface area contributed by atoms with E-state index in [1.807, 2.05) is 6.07 Å². The van der Waals surface area contributed by atoms with Crippen LogP contribution in [0.3, 0.4) is 0 Å². The molecular weight excluding hydrogens is 304 g/mol. The predicted octanol–water partition coefficient (Wildman–Crippen LogP) is 2.59. The number of carbonyl (C=O) groups excluding carboxylic acids is 1. The molecule has 0 atom stereocenters. The van der Waals surface area contributed by atoms with Gasteiger partial charge in [-0.1, -0.05) is 11.8 Å². The fourth-order valence-corrected chi connectivity index (χ4v) is 2.17. The summed E-state index contributed by atoms with van der Waals surface area (Å²) in [6.07, 6.45) is 1.15. The summed E-state index contributed by atoms with van der Waals surface area (Å²) < 4.78 is 0. The van der Waals surface area contributed by atoms with Crippen molar-refractivity contribution in [1.82, 2.24) is 4.98 Å². The monoisotopic (exact) mass is 314 g/mol. The molecule has 0 saturated carbocycles. The number of benzene rings is 1. The molecule has 0 aliphatic carbocycles. The summed E-state index contributed by atoms with van der Waals surface area (Å²) in [6, 6.07) is 11.3. The molecule has 0 spiro atoms. The molecule has 2 aromatic rings. The maximum absolute atomic E-state index is 11.8. The van der Waals surface area contributed by atoms with Crippen LogP contribution in [0.25, 0.3) is 0 Å². The molecule has 0 aliphatic rings. The van der Waals surface area contributed by atoms with Gasteiger partial charge in [-0.3, -0.25) is 14.9 Å². The molecule has 1 heterocycles. The van der Waals surface area contributed by atoms with Crippen molar-refractivity contribution in [3.63, 3.8) is 0 Å². The molecular formula is C14H10N4O3S. The number of pyridine rings is 1. The molecule has 1 N–H and O–H groups in total. The van der Waals surface area contributed by atoms with E-state index in [1.165, 1.54) is 23.9 Å². The fourth-order valence-electron chi connectivity index (χ4n) is 1.53. The Morgan fingerprint density at radius 1 is 1.32 bits per heavy atom. The van der Waals surface area contributed by atoms with Crippen LogP contribution in [0.2, 0.25) is 0 Å². The van der Waals surface area contributed by atoms with Gasteiger partial charge in [0.25, 0.3) is 5.69 Å². The molecule has 22 heavy (non-hydrogen) atoms. The Balaban J connectivity index is 1.86. The number of nitrogens with zero attached hydrogens (tertiary/aromatic N) is 3. The van der Waals surface area contributed by atoms with Gasteiger partial charge < -0.3 is 5.32 Å². The molecule has 7 nitrogen and oxygen atoms in total. The van der Waals surface area contributed by atoms with Crippen LogP contribution in [0.4, 0.5) is 11.4 Å². The molecule has 110 valence electrons. The van der Waals surface area contributed by atoms with E-state index >= 15 is 0 Å². The number of thioether (sulfide) groups is 1. The van der Waals surface area contributed by atoms with Gasteiger partial charge in [-0.2, -0.15) is 5.26 Å². The highest BCUT2D eigenvalue weighted by atomic mass is 32.2. The summed E-state index contributed by atoms with van der Waals surface area (Å²) in [6.45, 7) is 0. The number of hydrogen-bond donors (Lipinski definition) is 1. The van der Waals surface area contributed by atoms with Crippen LogP contribution >= 0.6 is 11.8 Å². The van der Waals surface area contributed by atoms with Crippen molar-refractivity contribution in [3.05, 3.63) is 58.3 Å². The van der Waals surface area contributed by atoms with Crippen LogP contribution in [-0.2, 0) is 4.79 Å². The SMILES string of the molecule is N#Cc1ccc(NC(=O)CSc2ccc([N+](=O)[O-])cn2)cc1. The number of rotatable bonds is 5. The average Bonchev–Trinajstić information content (AvgIpc) is 2.54. The van der Waals surface area contributed by atoms with Crippen LogP contribution in [0, 0.1) is 21.4 Å². The first-order valence-electron chi connectivity index (χ1n) is 6.12. The molecule has 0 saturated heterocycles. The van der Waals surface area contributed by atoms with Gasteiger partial charge in [-0.15, -0.1) is 0 Å². The lowest BCUT2D eigenvalue weighted by atomic mass is 10.2. The van der Waals surface area contributed by atoms with Crippen LogP contribution < -0.4 is 5.32 Å². The summed E-state index contributed by atoms with van der Waals surface area (Å²) in [5, 5.41) is 22.4. The van der Waals surface area contributed by atoms with E-state index in [2.05, 4.69) is 10.3 Å². The molecule has 1 aromatic carbocycles. The van der Waals surface area contributed by atoms with Gasteiger partial charge in [-0.05, 0) is 30.3 Å². The Hall–Kier alpha value is -2.92. The van der Waals surface area contributed by atoms with E-state index in [-0.39, 0.29) is 17.3 Å². The normalized spacial score (nSPS) is 9.77. The predicted molar refractivity (Wildman–Crippen MR) is 81.4 cm³/mol. The van der Waals surface area contributed by atoms with E-state index in [0.717, 1.165) is 6.20 Å². The van der Waals surface area contributed by atoms with E-state index in [1.54, 1.807) is 24.3 Å². The standard InChI is InChI=1S/C14H10N4O3S/c15-7-10-1-3-11(4-2-10)17-13(19)9-22-14-6-5-12(8-16-14)18(20)21/h1-6,8H,9H2,(H,17,19). The number of nitrogens with one attached hydrogen (secondary N) is 1. The number of nitro groups is 1. The van der Waals surface area contributed by atoms with Crippen molar-refractivity contribution < 1.29 is 9.72 Å². The summed E-state index contributed by atoms with van der Waals surface area (Å²) in [7, 11) is 0. The second kappa shape index (κ2) is 7.19. The zero-order chi connectivity index (χ0) is 15.9. The summed E-state index contributed by atoms with van der Waals surface area (Å²) in [4.78, 5) is 25.7. The van der Waals surface area contributed by atoms with Crippen LogP contribution in [0.5, 0.6) is 0 Å². The summed E-state index contributed by atoms with van der Waals surface area (Å²) in [5.74, 6) is -0.0972. The number of hydrogen-bond acceptors (Lipinski definition) is 6. The van der Waals surface area contributed by atoms with Crippen LogP contribution in [0.1, 0.15) is 5.56 Å². The van der Waals surface area contributed by atoms with Crippen LogP contribution in [0.15, 0.2) is 47.6 Å². The molecule has 0 aliphatic heterocycles. The maximum atomic E-state index is 11.8. The van der Waals surface area contributed by atoms with E-state index in [4.69, 9.17) is 5.26 Å². The minimum Gasteiger partial charge on any atom is -0.325 e. The zero-order valence-corrected chi connectivity index (χ0v) is 12.0. The zero-order valence-electron chi connectivity index (χ0n) is 11.2. The second-order valence-electron chi connectivity index (χ2n) is 4.14. The maximum Gasteiger partial charge on any atom is 0.287 e. The molecule has 8 heteroatoms. The minimum atomic E-state index is -0.529. The second-order valence-corrected chi connectivity index (χ2v) is 5.13. The molecule has 0 fully saturated rings. The average molecular weight is 314 g/mol. The van der Waals surface area contributed by atoms with Gasteiger partial charge in [-0.25, -0.2) is 4.98 Å². The summed E-state index contributed by atoms with van der Waals surface area (Å²) in [5.41, 5.74) is 1.02. The number of nitriles is 1. The molecule has 0 radical (unpaired) electrons. The first-order valence-corrected chi connectivity index (χ1v) is 7.10. The molecule has 0 bridgehead atoms. The van der Waals surface area contributed by atoms with Crippen molar-refractivity contribution in [2.75, 3.05) is 11.1 Å². The highest BCUT2D eigenvalue weighted by molar-refractivity contribution is 7.99. The Kier molecular flexibility index (Phi) is 5.06. The highest BCUT2D eigenvalue weighted by Crippen LogP contribution is 2.18. The Morgan fingerprint density at radius 3 is 2.59 bits per heavy atom. The first kappa shape index (κ1) is 15.5. The Morgan fingerprint density at radius 2 is 2.05 bits per heavy atom. The van der Waals surface area contributed by atoms with Gasteiger partial charge in [0.2, 0.25) is 5.91 Å². The van der Waals surface area contributed by atoms with Crippen molar-refractivity contribution in [3.8, 4) is 6.07 Å². The topological polar surface area (TPSA) is 109 Å². The van der Waals surface area contributed by atoms with Gasteiger partial charge >= 0.3 is 0 Å². The Labute approximate surface area is 130 Å². The third kappa shape index (κ3) is 4.29. The number of aromatic nitrogens is 1. The lowest BCUT2D eigenvalue weighted by molar-refractivity contribution is -0.385. The van der Waals surface area contributed by atoms with Crippen LogP contribution in [-0.4, -0.2) is 21.6 Å². The number of carbonyl (C=O) groups is 1. The molecule has 2 rings (SSSR count). The first-order chi connectivity index (χ1) is 10.6.